The second-order valence-electron chi connectivity index (χ2n) is 8.77. The Balaban J connectivity index is 1.45. The van der Waals surface area contributed by atoms with E-state index in [1.807, 2.05) is 43.0 Å². The summed E-state index contributed by atoms with van der Waals surface area (Å²) in [5.41, 5.74) is 3.17. The number of aryl methyl sites for hydroxylation is 3. The van der Waals surface area contributed by atoms with E-state index in [0.29, 0.717) is 37.0 Å². The monoisotopic (exact) mass is 465 g/mol. The van der Waals surface area contributed by atoms with Crippen LogP contribution >= 0.6 is 0 Å². The lowest BCUT2D eigenvalue weighted by molar-refractivity contribution is -0.131. The maximum absolute atomic E-state index is 13.0. The number of nitrogens with zero attached hydrogens (tertiary/aromatic N) is 5. The third-order valence-corrected chi connectivity index (χ3v) is 6.83. The number of rotatable bonds is 5. The molecule has 0 bridgehead atoms. The van der Waals surface area contributed by atoms with Gasteiger partial charge in [0.05, 0.1) is 12.5 Å². The molecule has 0 N–H and O–H groups in total. The summed E-state index contributed by atoms with van der Waals surface area (Å²) in [7, 11) is 4.74. The largest absolute Gasteiger partial charge is 0.497 e. The Labute approximate surface area is 198 Å². The van der Waals surface area contributed by atoms with E-state index >= 15 is 0 Å². The first-order chi connectivity index (χ1) is 16.2. The number of hydrogen-bond acceptors (Lipinski definition) is 6. The van der Waals surface area contributed by atoms with Gasteiger partial charge in [-0.25, -0.2) is 9.78 Å². The molecule has 0 spiro atoms. The molecule has 0 atom stereocenters. The van der Waals surface area contributed by atoms with Crippen molar-refractivity contribution in [3.63, 3.8) is 0 Å². The van der Waals surface area contributed by atoms with Crippen LogP contribution in [-0.4, -0.2) is 58.2 Å². The fourth-order valence-corrected chi connectivity index (χ4v) is 4.71. The molecule has 1 saturated heterocycles. The van der Waals surface area contributed by atoms with Crippen LogP contribution in [0.2, 0.25) is 0 Å². The normalized spacial score (nSPS) is 14.0. The fraction of sp³-hybridized carbons (Fsp3) is 0.440. The topological polar surface area (TPSA) is 89.7 Å². The number of ether oxygens (including phenoxy) is 1. The summed E-state index contributed by atoms with van der Waals surface area (Å²) in [5, 5.41) is 0.436. The molecule has 2 aromatic heterocycles. The van der Waals surface area contributed by atoms with Crippen molar-refractivity contribution >= 4 is 22.6 Å². The highest BCUT2D eigenvalue weighted by molar-refractivity contribution is 5.81. The van der Waals surface area contributed by atoms with Crippen LogP contribution in [0.1, 0.15) is 23.2 Å². The molecule has 0 aliphatic carbocycles. The molecular formula is C25H31N5O4. The van der Waals surface area contributed by atoms with Gasteiger partial charge in [0.15, 0.2) is 0 Å². The lowest BCUT2D eigenvalue weighted by Crippen LogP contribution is -2.48. The van der Waals surface area contributed by atoms with Crippen LogP contribution in [0.4, 0.5) is 5.69 Å². The van der Waals surface area contributed by atoms with Crippen LogP contribution in [0.3, 0.4) is 0 Å². The van der Waals surface area contributed by atoms with Crippen LogP contribution in [0, 0.1) is 13.8 Å². The van der Waals surface area contributed by atoms with E-state index < -0.39 is 5.69 Å². The van der Waals surface area contributed by atoms with E-state index in [2.05, 4.69) is 9.88 Å². The van der Waals surface area contributed by atoms with Gasteiger partial charge in [-0.3, -0.25) is 18.7 Å². The number of methoxy groups -OCH3 is 1. The van der Waals surface area contributed by atoms with E-state index in [9.17, 15) is 14.4 Å². The first-order valence-electron chi connectivity index (χ1n) is 11.5. The first kappa shape index (κ1) is 23.5. The second kappa shape index (κ2) is 9.32. The standard InChI is InChI=1S/C25H31N5O4/c1-16-20(17(2)26-23-22(16)24(32)28(4)25(33)27(23)3)10-11-21(31)30-14-12-29(13-15-30)18-6-8-19(34-5)9-7-18/h6-9H,10-15H2,1-5H3. The molecule has 9 nitrogen and oxygen atoms in total. The zero-order valence-electron chi connectivity index (χ0n) is 20.4. The number of carbonyl (C=O) groups is 1. The van der Waals surface area contributed by atoms with Crippen molar-refractivity contribution < 1.29 is 9.53 Å². The van der Waals surface area contributed by atoms with Gasteiger partial charge in [0.2, 0.25) is 5.91 Å². The molecule has 0 saturated carbocycles. The maximum Gasteiger partial charge on any atom is 0.332 e. The summed E-state index contributed by atoms with van der Waals surface area (Å²) in [6.07, 6.45) is 0.855. The Hall–Kier alpha value is -3.62. The molecule has 1 aliphatic heterocycles. The number of hydrogen-bond donors (Lipinski definition) is 0. The van der Waals surface area contributed by atoms with Crippen molar-refractivity contribution in [2.24, 2.45) is 14.1 Å². The Morgan fingerprint density at radius 3 is 2.26 bits per heavy atom. The van der Waals surface area contributed by atoms with E-state index in [4.69, 9.17) is 4.74 Å². The minimum atomic E-state index is -0.402. The Morgan fingerprint density at radius 1 is 1.00 bits per heavy atom. The molecule has 1 aliphatic rings. The third-order valence-electron chi connectivity index (χ3n) is 6.83. The smallest absolute Gasteiger partial charge is 0.332 e. The van der Waals surface area contributed by atoms with Crippen molar-refractivity contribution in [2.75, 3.05) is 38.2 Å². The molecule has 34 heavy (non-hydrogen) atoms. The van der Waals surface area contributed by atoms with Gasteiger partial charge in [0, 0.05) is 58.1 Å². The van der Waals surface area contributed by atoms with Crippen molar-refractivity contribution in [2.45, 2.75) is 26.7 Å². The van der Waals surface area contributed by atoms with Gasteiger partial charge < -0.3 is 14.5 Å². The minimum absolute atomic E-state index is 0.0987. The lowest BCUT2D eigenvalue weighted by Gasteiger charge is -2.36. The number of pyridine rings is 1. The molecule has 1 amide bonds. The van der Waals surface area contributed by atoms with Crippen LogP contribution in [0.5, 0.6) is 5.75 Å². The average Bonchev–Trinajstić information content (AvgIpc) is 2.85. The van der Waals surface area contributed by atoms with Gasteiger partial charge in [-0.15, -0.1) is 0 Å². The predicted molar refractivity (Wildman–Crippen MR) is 132 cm³/mol. The van der Waals surface area contributed by atoms with Crippen LogP contribution < -0.4 is 20.9 Å². The molecule has 0 unspecified atom stereocenters. The number of benzene rings is 1. The number of amides is 1. The Kier molecular flexibility index (Phi) is 6.45. The molecule has 180 valence electrons. The summed E-state index contributed by atoms with van der Waals surface area (Å²) >= 11 is 0. The summed E-state index contributed by atoms with van der Waals surface area (Å²) < 4.78 is 7.72. The van der Waals surface area contributed by atoms with Crippen molar-refractivity contribution in [3.8, 4) is 5.75 Å². The van der Waals surface area contributed by atoms with Crippen molar-refractivity contribution in [3.05, 3.63) is 61.9 Å². The predicted octanol–water partition coefficient (Wildman–Crippen LogP) is 1.54. The van der Waals surface area contributed by atoms with Crippen molar-refractivity contribution in [1.29, 1.82) is 0 Å². The van der Waals surface area contributed by atoms with E-state index in [1.54, 1.807) is 14.2 Å². The quantitative estimate of drug-likeness (QED) is 0.568. The van der Waals surface area contributed by atoms with Gasteiger partial charge >= 0.3 is 5.69 Å². The Morgan fingerprint density at radius 2 is 1.65 bits per heavy atom. The van der Waals surface area contributed by atoms with Gasteiger partial charge in [-0.1, -0.05) is 0 Å². The highest BCUT2D eigenvalue weighted by Crippen LogP contribution is 2.23. The molecule has 1 fully saturated rings. The highest BCUT2D eigenvalue weighted by atomic mass is 16.5. The van der Waals surface area contributed by atoms with Crippen LogP contribution in [0.15, 0.2) is 33.9 Å². The van der Waals surface area contributed by atoms with Gasteiger partial charge in [-0.2, -0.15) is 0 Å². The van der Waals surface area contributed by atoms with E-state index in [0.717, 1.165) is 45.9 Å². The zero-order valence-corrected chi connectivity index (χ0v) is 20.4. The molecule has 1 aromatic carbocycles. The van der Waals surface area contributed by atoms with Gasteiger partial charge in [-0.05, 0) is 55.7 Å². The summed E-state index contributed by atoms with van der Waals surface area (Å²) in [6.45, 7) is 6.62. The molecule has 4 rings (SSSR count). The van der Waals surface area contributed by atoms with Gasteiger partial charge in [0.25, 0.3) is 5.56 Å². The molecule has 3 heterocycles. The van der Waals surface area contributed by atoms with Crippen molar-refractivity contribution in [1.82, 2.24) is 19.0 Å². The second-order valence-corrected chi connectivity index (χ2v) is 8.77. The number of anilines is 1. The number of carbonyl (C=O) groups excluding carboxylic acids is 1. The molecule has 0 radical (unpaired) electrons. The lowest BCUT2D eigenvalue weighted by atomic mass is 9.99. The molecule has 9 heteroatoms. The first-order valence-corrected chi connectivity index (χ1v) is 11.5. The van der Waals surface area contributed by atoms with E-state index in [1.165, 1.54) is 11.6 Å². The number of fused-ring (bicyclic) bond motifs is 1. The average molecular weight is 466 g/mol. The van der Waals surface area contributed by atoms with Crippen LogP contribution in [-0.2, 0) is 25.3 Å². The fourth-order valence-electron chi connectivity index (χ4n) is 4.71. The zero-order chi connectivity index (χ0) is 24.6. The highest BCUT2D eigenvalue weighted by Gasteiger charge is 2.23. The van der Waals surface area contributed by atoms with Gasteiger partial charge in [0.1, 0.15) is 11.4 Å². The summed E-state index contributed by atoms with van der Waals surface area (Å²) in [5.74, 6) is 0.924. The van der Waals surface area contributed by atoms with Crippen LogP contribution in [0.25, 0.3) is 11.0 Å². The molecular weight excluding hydrogens is 434 g/mol. The molecule has 3 aromatic rings. The minimum Gasteiger partial charge on any atom is -0.497 e. The van der Waals surface area contributed by atoms with E-state index in [-0.39, 0.29) is 11.5 Å². The third kappa shape index (κ3) is 4.18. The number of aromatic nitrogens is 3. The Bertz CT molecular complexity index is 1350. The maximum atomic E-state index is 13.0. The summed E-state index contributed by atoms with van der Waals surface area (Å²) in [6, 6.07) is 7.96. The number of piperazine rings is 1. The summed E-state index contributed by atoms with van der Waals surface area (Å²) in [4.78, 5) is 46.7. The SMILES string of the molecule is COc1ccc(N2CCN(C(=O)CCc3c(C)nc4c(c3C)c(=O)n(C)c(=O)n4C)CC2)cc1.